The molecule has 3 heteroatoms. The molecule has 0 bridgehead atoms. The first-order valence-electron chi connectivity index (χ1n) is 5.58. The summed E-state index contributed by atoms with van der Waals surface area (Å²) in [5.74, 6) is 0.876. The Balaban J connectivity index is 1.95. The van der Waals surface area contributed by atoms with Gasteiger partial charge < -0.3 is 9.94 Å². The van der Waals surface area contributed by atoms with Crippen LogP contribution in [0.25, 0.3) is 0 Å². The Morgan fingerprint density at radius 1 is 0.941 bits per heavy atom. The van der Waals surface area contributed by atoms with E-state index in [1.807, 2.05) is 24.3 Å². The number of benzene rings is 1. The van der Waals surface area contributed by atoms with Crippen molar-refractivity contribution in [3.8, 4) is 5.75 Å². The molecule has 88 valence electrons. The maximum Gasteiger partial charge on any atom is 0.180 e. The summed E-state index contributed by atoms with van der Waals surface area (Å²) < 4.78 is 5.91. The number of hydrogen-bond acceptors (Lipinski definition) is 2. The fourth-order valence-electron chi connectivity index (χ4n) is 1.69. The molecule has 0 spiro atoms. The van der Waals surface area contributed by atoms with Crippen molar-refractivity contribution >= 4 is 0 Å². The molecule has 0 unspecified atom stereocenters. The largest absolute Gasteiger partial charge is 0.619 e. The molecule has 0 amide bonds. The lowest BCUT2D eigenvalue weighted by molar-refractivity contribution is -0.605. The van der Waals surface area contributed by atoms with E-state index >= 15 is 0 Å². The predicted octanol–water partition coefficient (Wildman–Crippen LogP) is 2.11. The fraction of sp³-hybridized carbons (Fsp3) is 0.214. The molecule has 17 heavy (non-hydrogen) atoms. The molecule has 0 fully saturated rings. The van der Waals surface area contributed by atoms with Crippen LogP contribution in [0.3, 0.4) is 0 Å². The van der Waals surface area contributed by atoms with E-state index in [1.54, 1.807) is 7.11 Å². The molecular formula is C14H15NO2. The molecule has 0 aliphatic carbocycles. The van der Waals surface area contributed by atoms with Gasteiger partial charge in [-0.05, 0) is 36.1 Å². The van der Waals surface area contributed by atoms with Crippen molar-refractivity contribution in [2.75, 3.05) is 7.11 Å². The van der Waals surface area contributed by atoms with Gasteiger partial charge in [-0.3, -0.25) is 0 Å². The molecule has 0 aliphatic rings. The van der Waals surface area contributed by atoms with Crippen molar-refractivity contribution < 1.29 is 9.47 Å². The van der Waals surface area contributed by atoms with E-state index in [9.17, 15) is 5.21 Å². The molecule has 0 saturated carbocycles. The molecule has 2 rings (SSSR count). The molecule has 1 heterocycles. The van der Waals surface area contributed by atoms with E-state index in [0.29, 0.717) is 0 Å². The van der Waals surface area contributed by atoms with Crippen LogP contribution in [0, 0.1) is 5.21 Å². The maximum atomic E-state index is 10.9. The zero-order valence-electron chi connectivity index (χ0n) is 9.80. The van der Waals surface area contributed by atoms with Gasteiger partial charge in [0, 0.05) is 12.1 Å². The summed E-state index contributed by atoms with van der Waals surface area (Å²) in [5.41, 5.74) is 2.44. The Bertz CT molecular complexity index is 463. The summed E-state index contributed by atoms with van der Waals surface area (Å²) >= 11 is 0. The van der Waals surface area contributed by atoms with Crippen molar-refractivity contribution in [3.63, 3.8) is 0 Å². The van der Waals surface area contributed by atoms with Crippen LogP contribution in [-0.2, 0) is 12.8 Å². The number of rotatable bonds is 4. The molecule has 2 aromatic rings. The molecule has 1 aromatic carbocycles. The first kappa shape index (κ1) is 11.5. The van der Waals surface area contributed by atoms with Gasteiger partial charge in [-0.15, -0.1) is 0 Å². The van der Waals surface area contributed by atoms with E-state index < -0.39 is 0 Å². The van der Waals surface area contributed by atoms with Crippen LogP contribution in [0.5, 0.6) is 5.75 Å². The van der Waals surface area contributed by atoms with Crippen molar-refractivity contribution in [2.45, 2.75) is 12.8 Å². The molecule has 0 saturated heterocycles. The summed E-state index contributed by atoms with van der Waals surface area (Å²) in [4.78, 5) is 0. The summed E-state index contributed by atoms with van der Waals surface area (Å²) in [6, 6.07) is 11.8. The van der Waals surface area contributed by atoms with Crippen LogP contribution in [0.1, 0.15) is 11.1 Å². The smallest absolute Gasteiger partial charge is 0.180 e. The summed E-state index contributed by atoms with van der Waals surface area (Å²) in [5, 5.41) is 10.9. The number of nitrogens with zero attached hydrogens (tertiary/aromatic N) is 1. The van der Waals surface area contributed by atoms with Gasteiger partial charge in [0.25, 0.3) is 0 Å². The minimum Gasteiger partial charge on any atom is -0.619 e. The Morgan fingerprint density at radius 3 is 2.00 bits per heavy atom. The zero-order chi connectivity index (χ0) is 12.1. The third-order valence-corrected chi connectivity index (χ3v) is 2.73. The Hall–Kier alpha value is -2.03. The molecule has 0 atom stereocenters. The third-order valence-electron chi connectivity index (χ3n) is 2.73. The molecule has 3 nitrogen and oxygen atoms in total. The van der Waals surface area contributed by atoms with E-state index in [2.05, 4.69) is 12.1 Å². The normalized spacial score (nSPS) is 10.2. The SMILES string of the molecule is COc1ccc(CCc2cc[n+]([O-])cc2)cc1. The van der Waals surface area contributed by atoms with Gasteiger partial charge in [-0.25, -0.2) is 0 Å². The van der Waals surface area contributed by atoms with Crippen molar-refractivity contribution in [1.82, 2.24) is 0 Å². The van der Waals surface area contributed by atoms with Gasteiger partial charge in [0.05, 0.1) is 7.11 Å². The van der Waals surface area contributed by atoms with Gasteiger partial charge in [-0.2, -0.15) is 4.73 Å². The number of pyridine rings is 1. The van der Waals surface area contributed by atoms with Crippen LogP contribution < -0.4 is 9.47 Å². The lowest BCUT2D eigenvalue weighted by atomic mass is 10.1. The average molecular weight is 229 g/mol. The highest BCUT2D eigenvalue weighted by Gasteiger charge is 1.98. The van der Waals surface area contributed by atoms with Crippen LogP contribution in [0.15, 0.2) is 48.8 Å². The van der Waals surface area contributed by atoms with E-state index in [4.69, 9.17) is 4.74 Å². The highest BCUT2D eigenvalue weighted by Crippen LogP contribution is 2.13. The number of hydrogen-bond donors (Lipinski definition) is 0. The Morgan fingerprint density at radius 2 is 1.47 bits per heavy atom. The average Bonchev–Trinajstić information content (AvgIpc) is 2.39. The number of aromatic nitrogens is 1. The first-order valence-corrected chi connectivity index (χ1v) is 5.58. The third kappa shape index (κ3) is 3.21. The quantitative estimate of drug-likeness (QED) is 0.594. The summed E-state index contributed by atoms with van der Waals surface area (Å²) in [7, 11) is 1.66. The van der Waals surface area contributed by atoms with Crippen molar-refractivity contribution in [1.29, 1.82) is 0 Å². The number of ether oxygens (including phenoxy) is 1. The van der Waals surface area contributed by atoms with Gasteiger partial charge in [0.1, 0.15) is 5.75 Å². The van der Waals surface area contributed by atoms with Crippen molar-refractivity contribution in [2.24, 2.45) is 0 Å². The molecule has 1 aromatic heterocycles. The van der Waals surface area contributed by atoms with Crippen LogP contribution in [-0.4, -0.2) is 7.11 Å². The molecule has 0 N–H and O–H groups in total. The summed E-state index contributed by atoms with van der Waals surface area (Å²) in [6.45, 7) is 0. The van der Waals surface area contributed by atoms with E-state index in [0.717, 1.165) is 23.3 Å². The zero-order valence-corrected chi connectivity index (χ0v) is 9.80. The van der Waals surface area contributed by atoms with Crippen LogP contribution >= 0.6 is 0 Å². The summed E-state index contributed by atoms with van der Waals surface area (Å²) in [6.07, 6.45) is 4.97. The van der Waals surface area contributed by atoms with Crippen LogP contribution in [0.4, 0.5) is 0 Å². The Labute approximate surface area is 101 Å². The highest BCUT2D eigenvalue weighted by molar-refractivity contribution is 5.27. The standard InChI is InChI=1S/C14H15NO2/c1-17-14-6-4-12(5-7-14)2-3-13-8-10-15(16)11-9-13/h4-11H,2-3H2,1H3. The number of aryl methyl sites for hydroxylation is 2. The van der Waals surface area contributed by atoms with Crippen molar-refractivity contribution in [3.05, 3.63) is 65.1 Å². The Kier molecular flexibility index (Phi) is 3.60. The van der Waals surface area contributed by atoms with Gasteiger partial charge >= 0.3 is 0 Å². The second-order valence-electron chi connectivity index (χ2n) is 3.91. The minimum absolute atomic E-state index is 0.802. The lowest BCUT2D eigenvalue weighted by Crippen LogP contribution is -2.23. The predicted molar refractivity (Wildman–Crippen MR) is 65.8 cm³/mol. The molecule has 0 radical (unpaired) electrons. The lowest BCUT2D eigenvalue weighted by Gasteiger charge is -2.04. The van der Waals surface area contributed by atoms with E-state index in [1.165, 1.54) is 23.5 Å². The highest BCUT2D eigenvalue weighted by atomic mass is 16.5. The van der Waals surface area contributed by atoms with Crippen LogP contribution in [0.2, 0.25) is 0 Å². The maximum absolute atomic E-state index is 10.9. The van der Waals surface area contributed by atoms with E-state index in [-0.39, 0.29) is 0 Å². The van der Waals surface area contributed by atoms with Gasteiger partial charge in [-0.1, -0.05) is 12.1 Å². The second kappa shape index (κ2) is 5.34. The monoisotopic (exact) mass is 229 g/mol. The van der Waals surface area contributed by atoms with Gasteiger partial charge in [0.15, 0.2) is 12.4 Å². The topological polar surface area (TPSA) is 36.2 Å². The fourth-order valence-corrected chi connectivity index (χ4v) is 1.69. The molecular weight excluding hydrogens is 214 g/mol. The molecule has 0 aliphatic heterocycles. The minimum atomic E-state index is 0.802. The second-order valence-corrected chi connectivity index (χ2v) is 3.91. The number of methoxy groups -OCH3 is 1. The first-order chi connectivity index (χ1) is 8.28. The van der Waals surface area contributed by atoms with Gasteiger partial charge in [0.2, 0.25) is 0 Å².